The molecule has 1 aromatic carbocycles. The van der Waals surface area contributed by atoms with Crippen molar-refractivity contribution in [1.82, 2.24) is 4.72 Å². The quantitative estimate of drug-likeness (QED) is 0.612. The first-order chi connectivity index (χ1) is 8.08. The third-order valence-electron chi connectivity index (χ3n) is 2.23. The summed E-state index contributed by atoms with van der Waals surface area (Å²) in [5.74, 6) is 0. The van der Waals surface area contributed by atoms with Crippen LogP contribution in [0.3, 0.4) is 0 Å². The number of benzene rings is 1. The Morgan fingerprint density at radius 3 is 2.53 bits per heavy atom. The summed E-state index contributed by atoms with van der Waals surface area (Å²) in [5, 5.41) is 1.20. The monoisotopic (exact) mass is 339 g/mol. The van der Waals surface area contributed by atoms with Crippen molar-refractivity contribution < 1.29 is 8.42 Å². The molecule has 0 aliphatic rings. The molecule has 17 heavy (non-hydrogen) atoms. The highest BCUT2D eigenvalue weighted by molar-refractivity contribution is 9.09. The SMILES string of the molecule is O=S(=O)(NCCCCCBr)c1ccccc1Cl. The lowest BCUT2D eigenvalue weighted by atomic mass is 10.3. The lowest BCUT2D eigenvalue weighted by molar-refractivity contribution is 0.576. The number of hydrogen-bond donors (Lipinski definition) is 1. The fourth-order valence-electron chi connectivity index (χ4n) is 1.34. The molecule has 0 unspecified atom stereocenters. The van der Waals surface area contributed by atoms with Gasteiger partial charge in [-0.15, -0.1) is 0 Å². The molecule has 1 rings (SSSR count). The van der Waals surface area contributed by atoms with Gasteiger partial charge in [-0.1, -0.05) is 46.1 Å². The minimum Gasteiger partial charge on any atom is -0.211 e. The van der Waals surface area contributed by atoms with Crippen LogP contribution in [0.1, 0.15) is 19.3 Å². The summed E-state index contributed by atoms with van der Waals surface area (Å²) in [7, 11) is -3.47. The van der Waals surface area contributed by atoms with Crippen molar-refractivity contribution in [2.75, 3.05) is 11.9 Å². The van der Waals surface area contributed by atoms with Gasteiger partial charge >= 0.3 is 0 Å². The van der Waals surface area contributed by atoms with Gasteiger partial charge < -0.3 is 0 Å². The second-order valence-electron chi connectivity index (χ2n) is 3.58. The van der Waals surface area contributed by atoms with E-state index in [2.05, 4.69) is 20.7 Å². The maximum absolute atomic E-state index is 11.9. The van der Waals surface area contributed by atoms with E-state index >= 15 is 0 Å². The van der Waals surface area contributed by atoms with Gasteiger partial charge in [-0.3, -0.25) is 0 Å². The Morgan fingerprint density at radius 2 is 1.88 bits per heavy atom. The number of halogens is 2. The van der Waals surface area contributed by atoms with Crippen molar-refractivity contribution in [2.45, 2.75) is 24.2 Å². The van der Waals surface area contributed by atoms with Gasteiger partial charge in [0.2, 0.25) is 10.0 Å². The van der Waals surface area contributed by atoms with E-state index < -0.39 is 10.0 Å². The molecule has 0 aliphatic carbocycles. The molecular formula is C11H15BrClNO2S. The first-order valence-electron chi connectivity index (χ1n) is 5.38. The van der Waals surface area contributed by atoms with Crippen LogP contribution in [0.25, 0.3) is 0 Å². The Kier molecular flexibility index (Phi) is 6.48. The number of nitrogens with one attached hydrogen (secondary N) is 1. The molecule has 1 aromatic rings. The molecule has 0 radical (unpaired) electrons. The number of unbranched alkanes of at least 4 members (excludes halogenated alkanes) is 2. The molecule has 3 nitrogen and oxygen atoms in total. The van der Waals surface area contributed by atoms with E-state index in [0.29, 0.717) is 6.54 Å². The molecule has 0 amide bonds. The molecular weight excluding hydrogens is 326 g/mol. The summed E-state index contributed by atoms with van der Waals surface area (Å²) < 4.78 is 26.3. The first kappa shape index (κ1) is 15.0. The summed E-state index contributed by atoms with van der Waals surface area (Å²) >= 11 is 9.18. The molecule has 0 fully saturated rings. The fourth-order valence-corrected chi connectivity index (χ4v) is 3.33. The zero-order chi connectivity index (χ0) is 12.7. The van der Waals surface area contributed by atoms with Crippen LogP contribution in [0.15, 0.2) is 29.2 Å². The molecule has 0 aliphatic heterocycles. The second-order valence-corrected chi connectivity index (χ2v) is 6.51. The number of rotatable bonds is 7. The fraction of sp³-hybridized carbons (Fsp3) is 0.455. The van der Waals surface area contributed by atoms with Gasteiger partial charge in [0.05, 0.1) is 5.02 Å². The van der Waals surface area contributed by atoms with Crippen LogP contribution in [-0.4, -0.2) is 20.3 Å². The lowest BCUT2D eigenvalue weighted by Gasteiger charge is -2.07. The van der Waals surface area contributed by atoms with Crippen molar-refractivity contribution in [3.05, 3.63) is 29.3 Å². The van der Waals surface area contributed by atoms with Crippen molar-refractivity contribution >= 4 is 37.6 Å². The van der Waals surface area contributed by atoms with Crippen LogP contribution in [-0.2, 0) is 10.0 Å². The van der Waals surface area contributed by atoms with Crippen LogP contribution in [0.5, 0.6) is 0 Å². The maximum Gasteiger partial charge on any atom is 0.242 e. The predicted molar refractivity (Wildman–Crippen MR) is 74.3 cm³/mol. The highest BCUT2D eigenvalue weighted by Crippen LogP contribution is 2.19. The maximum atomic E-state index is 11.9. The second kappa shape index (κ2) is 7.36. The van der Waals surface area contributed by atoms with E-state index in [4.69, 9.17) is 11.6 Å². The van der Waals surface area contributed by atoms with E-state index in [1.807, 2.05) is 0 Å². The Morgan fingerprint density at radius 1 is 1.18 bits per heavy atom. The van der Waals surface area contributed by atoms with E-state index in [0.717, 1.165) is 24.6 Å². The molecule has 0 saturated heterocycles. The minimum absolute atomic E-state index is 0.141. The molecule has 0 bridgehead atoms. The molecule has 0 atom stereocenters. The van der Waals surface area contributed by atoms with Crippen LogP contribution >= 0.6 is 27.5 Å². The van der Waals surface area contributed by atoms with Crippen LogP contribution in [0.2, 0.25) is 5.02 Å². The summed E-state index contributed by atoms with van der Waals surface area (Å²) in [4.78, 5) is 0.141. The summed E-state index contributed by atoms with van der Waals surface area (Å²) in [6.07, 6.45) is 2.87. The Bertz CT molecular complexity index is 451. The molecule has 6 heteroatoms. The molecule has 1 N–H and O–H groups in total. The Balaban J connectivity index is 2.55. The summed E-state index contributed by atoms with van der Waals surface area (Å²) in [6, 6.07) is 6.44. The third kappa shape index (κ3) is 4.95. The van der Waals surface area contributed by atoms with Gasteiger partial charge in [0, 0.05) is 11.9 Å². The van der Waals surface area contributed by atoms with E-state index in [1.165, 1.54) is 6.07 Å². The van der Waals surface area contributed by atoms with Crippen molar-refractivity contribution in [3.63, 3.8) is 0 Å². The summed E-state index contributed by atoms with van der Waals surface area (Å²) in [5.41, 5.74) is 0. The Hall–Kier alpha value is -0.100. The van der Waals surface area contributed by atoms with E-state index in [1.54, 1.807) is 18.2 Å². The zero-order valence-electron chi connectivity index (χ0n) is 9.33. The molecule has 0 spiro atoms. The number of sulfonamides is 1. The molecule has 96 valence electrons. The van der Waals surface area contributed by atoms with Gasteiger partial charge in [-0.2, -0.15) is 0 Å². The van der Waals surface area contributed by atoms with Gasteiger partial charge in [0.1, 0.15) is 4.90 Å². The lowest BCUT2D eigenvalue weighted by Crippen LogP contribution is -2.25. The third-order valence-corrected chi connectivity index (χ3v) is 4.75. The predicted octanol–water partition coefficient (Wildman–Crippen LogP) is 3.18. The summed E-state index contributed by atoms with van der Waals surface area (Å²) in [6.45, 7) is 0.445. The molecule has 0 heterocycles. The van der Waals surface area contributed by atoms with Crippen molar-refractivity contribution in [2.24, 2.45) is 0 Å². The minimum atomic E-state index is -3.47. The topological polar surface area (TPSA) is 46.2 Å². The average molecular weight is 341 g/mol. The van der Waals surface area contributed by atoms with E-state index in [9.17, 15) is 8.42 Å². The zero-order valence-corrected chi connectivity index (χ0v) is 12.5. The van der Waals surface area contributed by atoms with Gasteiger partial charge in [-0.05, 0) is 25.0 Å². The first-order valence-corrected chi connectivity index (χ1v) is 8.36. The normalized spacial score (nSPS) is 11.6. The number of hydrogen-bond acceptors (Lipinski definition) is 2. The molecule has 0 saturated carbocycles. The van der Waals surface area contributed by atoms with Crippen LogP contribution in [0, 0.1) is 0 Å². The smallest absolute Gasteiger partial charge is 0.211 e. The highest BCUT2D eigenvalue weighted by Gasteiger charge is 2.15. The molecule has 0 aromatic heterocycles. The van der Waals surface area contributed by atoms with Gasteiger partial charge in [0.15, 0.2) is 0 Å². The standard InChI is InChI=1S/C11H15BrClNO2S/c12-8-4-1-5-9-14-17(15,16)11-7-3-2-6-10(11)13/h2-3,6-7,14H,1,4-5,8-9H2. The van der Waals surface area contributed by atoms with Crippen molar-refractivity contribution in [1.29, 1.82) is 0 Å². The highest BCUT2D eigenvalue weighted by atomic mass is 79.9. The largest absolute Gasteiger partial charge is 0.242 e. The number of alkyl halides is 1. The van der Waals surface area contributed by atoms with Crippen LogP contribution < -0.4 is 4.72 Å². The average Bonchev–Trinajstić information content (AvgIpc) is 2.29. The van der Waals surface area contributed by atoms with Gasteiger partial charge in [0.25, 0.3) is 0 Å². The van der Waals surface area contributed by atoms with Crippen LogP contribution in [0.4, 0.5) is 0 Å². The van der Waals surface area contributed by atoms with E-state index in [-0.39, 0.29) is 9.92 Å². The van der Waals surface area contributed by atoms with Crippen molar-refractivity contribution in [3.8, 4) is 0 Å². The van der Waals surface area contributed by atoms with Gasteiger partial charge in [-0.25, -0.2) is 13.1 Å². The Labute approximate surface area is 116 Å².